The summed E-state index contributed by atoms with van der Waals surface area (Å²) in [6.45, 7) is 1.72. The summed E-state index contributed by atoms with van der Waals surface area (Å²) in [5.74, 6) is -2.86. The van der Waals surface area contributed by atoms with Gasteiger partial charge in [0.25, 0.3) is 0 Å². The summed E-state index contributed by atoms with van der Waals surface area (Å²) in [6.07, 6.45) is 0.212. The lowest BCUT2D eigenvalue weighted by atomic mass is 9.75. The van der Waals surface area contributed by atoms with Crippen molar-refractivity contribution in [1.29, 1.82) is 0 Å². The lowest BCUT2D eigenvalue weighted by Gasteiger charge is -2.32. The molecule has 1 heterocycles. The van der Waals surface area contributed by atoms with Crippen molar-refractivity contribution in [2.75, 3.05) is 0 Å². The van der Waals surface area contributed by atoms with Gasteiger partial charge in [-0.15, -0.1) is 0 Å². The van der Waals surface area contributed by atoms with Crippen LogP contribution >= 0.6 is 0 Å². The predicted molar refractivity (Wildman–Crippen MR) is 64.8 cm³/mol. The molecule has 1 aliphatic rings. The number of Topliss-reactive ketones (excluding diaryl/α,β-unsaturated/α-hetero) is 1. The second-order valence-corrected chi connectivity index (χ2v) is 5.09. The maximum Gasteiger partial charge on any atom is 0.392 e. The minimum atomic E-state index is -4.29. The fourth-order valence-corrected chi connectivity index (χ4v) is 2.76. The molecule has 0 amide bonds. The molecular formula is C14H16F3NO. The molecule has 0 radical (unpaired) electrons. The molecule has 2 unspecified atom stereocenters. The van der Waals surface area contributed by atoms with Crippen LogP contribution in [0.25, 0.3) is 0 Å². The number of aryl methyl sites for hydroxylation is 1. The molecule has 0 N–H and O–H groups in total. The first-order chi connectivity index (χ1) is 8.91. The summed E-state index contributed by atoms with van der Waals surface area (Å²) in [5, 5.41) is 0. The third kappa shape index (κ3) is 2.96. The van der Waals surface area contributed by atoms with Crippen LogP contribution in [-0.2, 0) is 0 Å². The smallest absolute Gasteiger partial charge is 0.294 e. The minimum Gasteiger partial charge on any atom is -0.294 e. The maximum absolute atomic E-state index is 13.0. The second kappa shape index (κ2) is 5.31. The van der Waals surface area contributed by atoms with E-state index in [0.717, 1.165) is 0 Å². The maximum atomic E-state index is 13.0. The van der Waals surface area contributed by atoms with Gasteiger partial charge in [-0.25, -0.2) is 0 Å². The number of nitrogens with zero attached hydrogens (tertiary/aromatic N) is 1. The van der Waals surface area contributed by atoms with E-state index >= 15 is 0 Å². The van der Waals surface area contributed by atoms with Crippen LogP contribution in [0.1, 0.15) is 41.6 Å². The third-order valence-corrected chi connectivity index (χ3v) is 3.83. The number of carbonyl (C=O) groups is 1. The highest BCUT2D eigenvalue weighted by molar-refractivity contribution is 5.99. The van der Waals surface area contributed by atoms with E-state index < -0.39 is 23.8 Å². The van der Waals surface area contributed by atoms with Gasteiger partial charge >= 0.3 is 6.18 Å². The van der Waals surface area contributed by atoms with Gasteiger partial charge in [-0.3, -0.25) is 9.78 Å². The van der Waals surface area contributed by atoms with E-state index in [2.05, 4.69) is 4.98 Å². The van der Waals surface area contributed by atoms with Crippen LogP contribution in [0.5, 0.6) is 0 Å². The molecule has 1 fully saturated rings. The van der Waals surface area contributed by atoms with Crippen molar-refractivity contribution in [1.82, 2.24) is 4.98 Å². The van der Waals surface area contributed by atoms with Gasteiger partial charge in [0.2, 0.25) is 0 Å². The van der Waals surface area contributed by atoms with E-state index in [4.69, 9.17) is 0 Å². The molecule has 5 heteroatoms. The van der Waals surface area contributed by atoms with Gasteiger partial charge in [0.1, 0.15) is 0 Å². The Labute approximate surface area is 110 Å². The number of halogens is 3. The number of alkyl halides is 3. The summed E-state index contributed by atoms with van der Waals surface area (Å²) in [6, 6.07) is 1.65. The van der Waals surface area contributed by atoms with Crippen LogP contribution in [0.3, 0.4) is 0 Å². The summed E-state index contributed by atoms with van der Waals surface area (Å²) >= 11 is 0. The first-order valence-electron chi connectivity index (χ1n) is 6.43. The van der Waals surface area contributed by atoms with E-state index in [0.29, 0.717) is 30.4 Å². The molecule has 1 saturated carbocycles. The van der Waals surface area contributed by atoms with Crippen molar-refractivity contribution >= 4 is 5.78 Å². The van der Waals surface area contributed by atoms with Crippen molar-refractivity contribution < 1.29 is 18.0 Å². The van der Waals surface area contributed by atoms with Crippen molar-refractivity contribution in [3.63, 3.8) is 0 Å². The highest BCUT2D eigenvalue weighted by atomic mass is 19.4. The Balaban J connectivity index is 2.28. The van der Waals surface area contributed by atoms with E-state index in [9.17, 15) is 18.0 Å². The minimum absolute atomic E-state index is 0.0548. The van der Waals surface area contributed by atoms with Gasteiger partial charge < -0.3 is 0 Å². The van der Waals surface area contributed by atoms with Gasteiger partial charge in [0.15, 0.2) is 5.78 Å². The summed E-state index contributed by atoms with van der Waals surface area (Å²) in [5.41, 5.74) is 1.01. The standard InChI is InChI=1S/C14H16F3NO/c1-9-6-7-18-8-11(9)13(19)10-4-2-3-5-12(10)14(15,16)17/h6-8,10,12H,2-5H2,1H3. The van der Waals surface area contributed by atoms with Crippen molar-refractivity contribution in [3.8, 4) is 0 Å². The summed E-state index contributed by atoms with van der Waals surface area (Å²) in [7, 11) is 0. The van der Waals surface area contributed by atoms with E-state index in [-0.39, 0.29) is 6.42 Å². The van der Waals surface area contributed by atoms with Gasteiger partial charge in [-0.05, 0) is 31.4 Å². The average Bonchev–Trinajstić information content (AvgIpc) is 2.37. The molecule has 2 rings (SSSR count). The zero-order chi connectivity index (χ0) is 14.0. The average molecular weight is 271 g/mol. The molecule has 1 aliphatic carbocycles. The van der Waals surface area contributed by atoms with Crippen LogP contribution < -0.4 is 0 Å². The van der Waals surface area contributed by atoms with E-state index in [1.165, 1.54) is 12.4 Å². The first kappa shape index (κ1) is 14.0. The topological polar surface area (TPSA) is 30.0 Å². The van der Waals surface area contributed by atoms with Crippen LogP contribution in [0.2, 0.25) is 0 Å². The van der Waals surface area contributed by atoms with E-state index in [1.54, 1.807) is 13.0 Å². The zero-order valence-electron chi connectivity index (χ0n) is 10.7. The van der Waals surface area contributed by atoms with Crippen molar-refractivity contribution in [3.05, 3.63) is 29.6 Å². The molecule has 0 aliphatic heterocycles. The molecule has 104 valence electrons. The Kier molecular flexibility index (Phi) is 3.92. The van der Waals surface area contributed by atoms with Gasteiger partial charge in [0, 0.05) is 23.9 Å². The lowest BCUT2D eigenvalue weighted by molar-refractivity contribution is -0.190. The fourth-order valence-electron chi connectivity index (χ4n) is 2.76. The molecular weight excluding hydrogens is 255 g/mol. The number of aromatic nitrogens is 1. The molecule has 1 aromatic rings. The molecule has 2 atom stereocenters. The van der Waals surface area contributed by atoms with Crippen LogP contribution in [0, 0.1) is 18.8 Å². The normalized spacial score (nSPS) is 24.2. The van der Waals surface area contributed by atoms with Gasteiger partial charge in [0.05, 0.1) is 5.92 Å². The quantitative estimate of drug-likeness (QED) is 0.762. The Morgan fingerprint density at radius 2 is 2.00 bits per heavy atom. The molecule has 2 nitrogen and oxygen atoms in total. The Morgan fingerprint density at radius 1 is 1.32 bits per heavy atom. The summed E-state index contributed by atoms with van der Waals surface area (Å²) < 4.78 is 39.0. The summed E-state index contributed by atoms with van der Waals surface area (Å²) in [4.78, 5) is 16.2. The highest BCUT2D eigenvalue weighted by Crippen LogP contribution is 2.42. The molecule has 0 bridgehead atoms. The van der Waals surface area contributed by atoms with Crippen molar-refractivity contribution in [2.45, 2.75) is 38.8 Å². The number of rotatable bonds is 2. The van der Waals surface area contributed by atoms with Crippen LogP contribution in [0.4, 0.5) is 13.2 Å². The zero-order valence-corrected chi connectivity index (χ0v) is 10.7. The number of carbonyl (C=O) groups excluding carboxylic acids is 1. The Morgan fingerprint density at radius 3 is 2.63 bits per heavy atom. The number of pyridine rings is 1. The number of hydrogen-bond acceptors (Lipinski definition) is 2. The first-order valence-corrected chi connectivity index (χ1v) is 6.43. The molecule has 0 aromatic carbocycles. The molecule has 0 spiro atoms. The Bertz CT molecular complexity index is 470. The Hall–Kier alpha value is -1.39. The number of ketones is 1. The van der Waals surface area contributed by atoms with Gasteiger partial charge in [-0.1, -0.05) is 12.8 Å². The lowest BCUT2D eigenvalue weighted by Crippen LogP contribution is -2.37. The predicted octanol–water partition coefficient (Wildman–Crippen LogP) is 3.94. The van der Waals surface area contributed by atoms with Crippen molar-refractivity contribution in [2.24, 2.45) is 11.8 Å². The molecule has 1 aromatic heterocycles. The van der Waals surface area contributed by atoms with Crippen LogP contribution in [0.15, 0.2) is 18.5 Å². The monoisotopic (exact) mass is 271 g/mol. The largest absolute Gasteiger partial charge is 0.392 e. The van der Waals surface area contributed by atoms with Crippen LogP contribution in [-0.4, -0.2) is 16.9 Å². The molecule has 0 saturated heterocycles. The third-order valence-electron chi connectivity index (χ3n) is 3.83. The SMILES string of the molecule is Cc1ccncc1C(=O)C1CCCCC1C(F)(F)F. The van der Waals surface area contributed by atoms with E-state index in [1.807, 2.05) is 0 Å². The highest BCUT2D eigenvalue weighted by Gasteiger charge is 2.48. The molecule has 19 heavy (non-hydrogen) atoms. The fraction of sp³-hybridized carbons (Fsp3) is 0.571. The number of hydrogen-bond donors (Lipinski definition) is 0. The second-order valence-electron chi connectivity index (χ2n) is 5.09. The van der Waals surface area contributed by atoms with Gasteiger partial charge in [-0.2, -0.15) is 13.2 Å².